The maximum absolute atomic E-state index is 12.5. The van der Waals surface area contributed by atoms with E-state index in [0.29, 0.717) is 18.5 Å². The fraction of sp³-hybridized carbons (Fsp3) is 0.500. The summed E-state index contributed by atoms with van der Waals surface area (Å²) in [5.41, 5.74) is -0.155. The van der Waals surface area contributed by atoms with Gasteiger partial charge in [0.15, 0.2) is 0 Å². The second-order valence-corrected chi connectivity index (χ2v) is 6.62. The molecule has 0 saturated carbocycles. The van der Waals surface area contributed by atoms with Crippen LogP contribution in [0.3, 0.4) is 0 Å². The zero-order valence-electron chi connectivity index (χ0n) is 10.5. The third kappa shape index (κ3) is 6.58. The standard InChI is InChI=1S/C12H16F3NO2S/c1-19(17,18)7-3-6-16-9-10-4-2-5-11(8-10)12(13,14)15/h2,4-5,8,16H,3,6-7,9H2,1H3. The Hall–Kier alpha value is -1.08. The molecule has 108 valence electrons. The van der Waals surface area contributed by atoms with Crippen molar-refractivity contribution in [3.05, 3.63) is 35.4 Å². The van der Waals surface area contributed by atoms with Crippen molar-refractivity contribution in [2.45, 2.75) is 19.1 Å². The van der Waals surface area contributed by atoms with Gasteiger partial charge >= 0.3 is 6.18 Å². The highest BCUT2D eigenvalue weighted by Gasteiger charge is 2.30. The van der Waals surface area contributed by atoms with Crippen LogP contribution in [0.2, 0.25) is 0 Å². The highest BCUT2D eigenvalue weighted by atomic mass is 32.2. The number of alkyl halides is 3. The molecule has 0 saturated heterocycles. The number of hydrogen-bond acceptors (Lipinski definition) is 3. The molecule has 19 heavy (non-hydrogen) atoms. The summed E-state index contributed by atoms with van der Waals surface area (Å²) < 4.78 is 59.1. The Morgan fingerprint density at radius 1 is 1.26 bits per heavy atom. The molecule has 0 spiro atoms. The van der Waals surface area contributed by atoms with Crippen LogP contribution in [0, 0.1) is 0 Å². The van der Waals surface area contributed by atoms with Crippen molar-refractivity contribution in [2.75, 3.05) is 18.6 Å². The van der Waals surface area contributed by atoms with E-state index in [1.54, 1.807) is 6.07 Å². The van der Waals surface area contributed by atoms with E-state index >= 15 is 0 Å². The van der Waals surface area contributed by atoms with Gasteiger partial charge in [-0.3, -0.25) is 0 Å². The molecule has 0 aromatic heterocycles. The van der Waals surface area contributed by atoms with E-state index in [1.807, 2.05) is 0 Å². The van der Waals surface area contributed by atoms with Crippen LogP contribution in [0.5, 0.6) is 0 Å². The Kier molecular flexibility index (Phi) is 5.37. The summed E-state index contributed by atoms with van der Waals surface area (Å²) in [5.74, 6) is 0.0720. The van der Waals surface area contributed by atoms with Gasteiger partial charge in [-0.05, 0) is 24.6 Å². The fourth-order valence-corrected chi connectivity index (χ4v) is 2.22. The van der Waals surface area contributed by atoms with Gasteiger partial charge in [0.05, 0.1) is 11.3 Å². The minimum Gasteiger partial charge on any atom is -0.313 e. The smallest absolute Gasteiger partial charge is 0.313 e. The second kappa shape index (κ2) is 6.38. The van der Waals surface area contributed by atoms with E-state index in [4.69, 9.17) is 0 Å². The lowest BCUT2D eigenvalue weighted by Gasteiger charge is -2.09. The van der Waals surface area contributed by atoms with E-state index < -0.39 is 21.6 Å². The van der Waals surface area contributed by atoms with Crippen molar-refractivity contribution in [3.8, 4) is 0 Å². The van der Waals surface area contributed by atoms with Gasteiger partial charge in [-0.25, -0.2) is 8.42 Å². The van der Waals surface area contributed by atoms with Gasteiger partial charge in [-0.1, -0.05) is 18.2 Å². The molecule has 1 rings (SSSR count). The van der Waals surface area contributed by atoms with Crippen LogP contribution in [0.4, 0.5) is 13.2 Å². The molecule has 0 unspecified atom stereocenters. The van der Waals surface area contributed by atoms with Gasteiger partial charge in [0.1, 0.15) is 9.84 Å². The Labute approximate surface area is 110 Å². The highest BCUT2D eigenvalue weighted by molar-refractivity contribution is 7.90. The van der Waals surface area contributed by atoms with Crippen LogP contribution >= 0.6 is 0 Å². The molecule has 0 atom stereocenters. The topological polar surface area (TPSA) is 46.2 Å². The van der Waals surface area contributed by atoms with Crippen molar-refractivity contribution in [2.24, 2.45) is 0 Å². The Bertz CT molecular complexity index is 512. The molecule has 7 heteroatoms. The molecule has 0 heterocycles. The fourth-order valence-electron chi connectivity index (χ4n) is 1.55. The summed E-state index contributed by atoms with van der Waals surface area (Å²) in [4.78, 5) is 0. The lowest BCUT2D eigenvalue weighted by molar-refractivity contribution is -0.137. The van der Waals surface area contributed by atoms with Crippen LogP contribution in [0.15, 0.2) is 24.3 Å². The predicted molar refractivity (Wildman–Crippen MR) is 67.5 cm³/mol. The molecule has 3 nitrogen and oxygen atoms in total. The summed E-state index contributed by atoms with van der Waals surface area (Å²) in [6, 6.07) is 5.06. The minimum absolute atomic E-state index is 0.0720. The number of rotatable bonds is 6. The zero-order chi connectivity index (χ0) is 14.5. The first-order chi connectivity index (χ1) is 8.68. The normalized spacial score (nSPS) is 12.6. The Morgan fingerprint density at radius 2 is 1.95 bits per heavy atom. The van der Waals surface area contributed by atoms with Crippen molar-refractivity contribution in [1.29, 1.82) is 0 Å². The summed E-state index contributed by atoms with van der Waals surface area (Å²) in [6.45, 7) is 0.733. The maximum atomic E-state index is 12.5. The third-order valence-electron chi connectivity index (χ3n) is 2.45. The third-order valence-corrected chi connectivity index (χ3v) is 3.48. The predicted octanol–water partition coefficient (Wildman–Crippen LogP) is 2.23. The van der Waals surface area contributed by atoms with E-state index in [-0.39, 0.29) is 12.3 Å². The average molecular weight is 295 g/mol. The molecule has 0 aliphatic carbocycles. The van der Waals surface area contributed by atoms with Crippen LogP contribution in [0.25, 0.3) is 0 Å². The van der Waals surface area contributed by atoms with Gasteiger partial charge in [0.25, 0.3) is 0 Å². The molecule has 0 aliphatic heterocycles. The second-order valence-electron chi connectivity index (χ2n) is 4.36. The van der Waals surface area contributed by atoms with Crippen LogP contribution in [-0.4, -0.2) is 27.0 Å². The molecule has 1 N–H and O–H groups in total. The molecule has 0 bridgehead atoms. The van der Waals surface area contributed by atoms with Crippen LogP contribution < -0.4 is 5.32 Å². The summed E-state index contributed by atoms with van der Waals surface area (Å²) in [6.07, 6.45) is -2.75. The molecule has 0 radical (unpaired) electrons. The van der Waals surface area contributed by atoms with Crippen molar-refractivity contribution in [3.63, 3.8) is 0 Å². The molecular weight excluding hydrogens is 279 g/mol. The highest BCUT2D eigenvalue weighted by Crippen LogP contribution is 2.29. The van der Waals surface area contributed by atoms with Crippen LogP contribution in [-0.2, 0) is 22.6 Å². The van der Waals surface area contributed by atoms with E-state index in [9.17, 15) is 21.6 Å². The first-order valence-corrected chi connectivity index (χ1v) is 7.79. The molecule has 0 aliphatic rings. The quantitative estimate of drug-likeness (QED) is 0.819. The lowest BCUT2D eigenvalue weighted by atomic mass is 10.1. The number of halogens is 3. The molecular formula is C12H16F3NO2S. The van der Waals surface area contributed by atoms with Gasteiger partial charge in [0, 0.05) is 12.8 Å². The Morgan fingerprint density at radius 3 is 2.53 bits per heavy atom. The first kappa shape index (κ1) is 16.0. The summed E-state index contributed by atoms with van der Waals surface area (Å²) in [5, 5.41) is 2.92. The van der Waals surface area contributed by atoms with E-state index in [1.165, 1.54) is 6.07 Å². The maximum Gasteiger partial charge on any atom is 0.416 e. The van der Waals surface area contributed by atoms with Gasteiger partial charge < -0.3 is 5.32 Å². The van der Waals surface area contributed by atoms with E-state index in [2.05, 4.69) is 5.32 Å². The van der Waals surface area contributed by atoms with Crippen molar-refractivity contribution in [1.82, 2.24) is 5.32 Å². The van der Waals surface area contributed by atoms with Gasteiger partial charge in [0.2, 0.25) is 0 Å². The van der Waals surface area contributed by atoms with Crippen molar-refractivity contribution >= 4 is 9.84 Å². The SMILES string of the molecule is CS(=O)(=O)CCCNCc1cccc(C(F)(F)F)c1. The summed E-state index contributed by atoms with van der Waals surface area (Å²) in [7, 11) is -2.98. The number of hydrogen-bond donors (Lipinski definition) is 1. The molecule has 0 amide bonds. The lowest BCUT2D eigenvalue weighted by Crippen LogP contribution is -2.18. The monoisotopic (exact) mass is 295 g/mol. The zero-order valence-corrected chi connectivity index (χ0v) is 11.3. The number of nitrogens with one attached hydrogen (secondary N) is 1. The van der Waals surface area contributed by atoms with Crippen molar-refractivity contribution < 1.29 is 21.6 Å². The largest absolute Gasteiger partial charge is 0.416 e. The summed E-state index contributed by atoms with van der Waals surface area (Å²) >= 11 is 0. The number of sulfone groups is 1. The molecule has 1 aromatic rings. The molecule has 1 aromatic carbocycles. The first-order valence-electron chi connectivity index (χ1n) is 5.73. The average Bonchev–Trinajstić information content (AvgIpc) is 2.26. The molecule has 0 fully saturated rings. The van der Waals surface area contributed by atoms with E-state index in [0.717, 1.165) is 18.4 Å². The van der Waals surface area contributed by atoms with Gasteiger partial charge in [-0.2, -0.15) is 13.2 Å². The van der Waals surface area contributed by atoms with Crippen LogP contribution in [0.1, 0.15) is 17.5 Å². The minimum atomic E-state index is -4.34. The van der Waals surface area contributed by atoms with Gasteiger partial charge in [-0.15, -0.1) is 0 Å². The number of benzene rings is 1. The Balaban J connectivity index is 2.42.